The molecule has 0 bridgehead atoms. The predicted octanol–water partition coefficient (Wildman–Crippen LogP) is 6.25. The molecular formula is C38H59N5O5. The van der Waals surface area contributed by atoms with Crippen LogP contribution < -0.4 is 20.7 Å². The van der Waals surface area contributed by atoms with E-state index in [1.807, 2.05) is 87.4 Å². The Labute approximate surface area is 290 Å². The lowest BCUT2D eigenvalue weighted by atomic mass is 10.0. The molecule has 1 aliphatic heterocycles. The lowest BCUT2D eigenvalue weighted by Gasteiger charge is -2.36. The number of fused-ring (bicyclic) bond motifs is 1. The number of aliphatic hydroxyl groups excluding tert-OH is 1. The smallest absolute Gasteiger partial charge is 0.258 e. The molecule has 0 aromatic heterocycles. The van der Waals surface area contributed by atoms with Crippen LogP contribution in [0.5, 0.6) is 5.75 Å². The van der Waals surface area contributed by atoms with Crippen LogP contribution in [0.4, 0.5) is 17.1 Å². The summed E-state index contributed by atoms with van der Waals surface area (Å²) in [7, 11) is 5.94. The van der Waals surface area contributed by atoms with Crippen molar-refractivity contribution in [3.05, 3.63) is 83.4 Å². The first kappa shape index (κ1) is 36.7. The third-order valence-electron chi connectivity index (χ3n) is 8.92. The van der Waals surface area contributed by atoms with Gasteiger partial charge in [-0.15, -0.1) is 0 Å². The molecule has 4 atom stereocenters. The zero-order valence-corrected chi connectivity index (χ0v) is 29.3. The number of benzene rings is 3. The van der Waals surface area contributed by atoms with E-state index in [4.69, 9.17) is 15.2 Å². The maximum atomic E-state index is 14.2. The first-order valence-electron chi connectivity index (χ1n) is 16.9. The number of nitrogens with one attached hydrogen (secondary N) is 1. The van der Waals surface area contributed by atoms with Crippen LogP contribution in [0.15, 0.2) is 66.7 Å². The summed E-state index contributed by atoms with van der Waals surface area (Å²) < 4.78 is 12.8. The van der Waals surface area contributed by atoms with Gasteiger partial charge in [-0.1, -0.05) is 31.2 Å². The number of likely N-dealkylation sites (N-methyl/N-ethyl adjacent to an activating group) is 1. The topological polar surface area (TPSA) is 121 Å². The summed E-state index contributed by atoms with van der Waals surface area (Å²) in [5.74, 6) is 0.161. The molecule has 10 nitrogen and oxygen atoms in total. The van der Waals surface area contributed by atoms with Crippen molar-refractivity contribution in [3.8, 4) is 5.75 Å². The first-order chi connectivity index (χ1) is 23.0. The molecule has 266 valence electrons. The number of anilines is 3. The molecule has 3 aromatic carbocycles. The van der Waals surface area contributed by atoms with E-state index in [-0.39, 0.29) is 40.8 Å². The molecule has 1 aliphatic rings. The van der Waals surface area contributed by atoms with Crippen LogP contribution in [0.25, 0.3) is 0 Å². The number of amides is 2. The molecule has 0 radical (unpaired) electrons. The van der Waals surface area contributed by atoms with Gasteiger partial charge >= 0.3 is 0 Å². The number of nitrogens with zero attached hydrogens (tertiary/aromatic N) is 3. The Morgan fingerprint density at radius 3 is 2.50 bits per heavy atom. The molecule has 0 fully saturated rings. The van der Waals surface area contributed by atoms with Gasteiger partial charge in [0, 0.05) is 61.8 Å². The van der Waals surface area contributed by atoms with Gasteiger partial charge in [-0.25, -0.2) is 0 Å². The van der Waals surface area contributed by atoms with E-state index in [1.165, 1.54) is 0 Å². The van der Waals surface area contributed by atoms with Gasteiger partial charge in [0.15, 0.2) is 0 Å². The van der Waals surface area contributed by atoms with E-state index in [0.29, 0.717) is 54.5 Å². The Bertz CT molecular complexity index is 1510. The van der Waals surface area contributed by atoms with E-state index in [0.717, 1.165) is 30.5 Å². The van der Waals surface area contributed by atoms with E-state index in [2.05, 4.69) is 24.2 Å². The van der Waals surface area contributed by atoms with Gasteiger partial charge < -0.3 is 35.4 Å². The third-order valence-corrected chi connectivity index (χ3v) is 8.92. The fourth-order valence-corrected chi connectivity index (χ4v) is 5.90. The average molecular weight is 666 g/mol. The van der Waals surface area contributed by atoms with Crippen LogP contribution >= 0.6 is 0 Å². The van der Waals surface area contributed by atoms with Gasteiger partial charge in [0.05, 0.1) is 41.8 Å². The number of rotatable bonds is 9. The van der Waals surface area contributed by atoms with Gasteiger partial charge in [-0.05, 0) is 88.2 Å². The maximum Gasteiger partial charge on any atom is 0.258 e. The number of para-hydroxylation sites is 2. The lowest BCUT2D eigenvalue weighted by Crippen LogP contribution is -2.47. The number of hydrogen-bond donors (Lipinski definition) is 3. The summed E-state index contributed by atoms with van der Waals surface area (Å²) in [6, 6.07) is 20.1. The summed E-state index contributed by atoms with van der Waals surface area (Å²) in [6.07, 6.45) is 2.48. The largest absolute Gasteiger partial charge is 0.490 e. The van der Waals surface area contributed by atoms with Crippen LogP contribution in [0.2, 0.25) is 0 Å². The fourth-order valence-electron chi connectivity index (χ4n) is 5.90. The van der Waals surface area contributed by atoms with E-state index < -0.39 is 6.04 Å². The van der Waals surface area contributed by atoms with Crippen LogP contribution in [0, 0.1) is 5.92 Å². The number of nitrogen functional groups attached to an aromatic ring is 1. The quantitative estimate of drug-likeness (QED) is 0.230. The SMILES string of the molecule is C[C@@H]1CCCCO[C@@H](CN(C)Cc2ccc(C(=O)Nc3ccccc3N)cc2)[C@@H](C)CN([C@H](C)CO)C(=O)c2cc(N(C)C)ccc2O1.[HH].[HH].[HH]. The number of aliphatic hydroxyl groups is 1. The fraction of sp³-hybridized carbons (Fsp3) is 0.474. The van der Waals surface area contributed by atoms with E-state index in [9.17, 15) is 14.7 Å². The Balaban J connectivity index is 0.00000433. The van der Waals surface area contributed by atoms with E-state index >= 15 is 0 Å². The summed E-state index contributed by atoms with van der Waals surface area (Å²) in [4.78, 5) is 33.0. The second-order valence-electron chi connectivity index (χ2n) is 13.3. The second kappa shape index (κ2) is 17.3. The van der Waals surface area contributed by atoms with Crippen molar-refractivity contribution in [2.24, 2.45) is 5.92 Å². The molecule has 4 N–H and O–H groups in total. The Morgan fingerprint density at radius 2 is 1.81 bits per heavy atom. The summed E-state index contributed by atoms with van der Waals surface area (Å²) in [5, 5.41) is 13.1. The molecule has 0 unspecified atom stereocenters. The predicted molar refractivity (Wildman–Crippen MR) is 199 cm³/mol. The molecule has 48 heavy (non-hydrogen) atoms. The molecule has 0 aliphatic carbocycles. The van der Waals surface area contributed by atoms with Gasteiger partial charge in [-0.3, -0.25) is 14.5 Å². The maximum absolute atomic E-state index is 14.2. The minimum absolute atomic E-state index is 0. The average Bonchev–Trinajstić information content (AvgIpc) is 3.06. The Hall–Kier alpha value is -4.12. The van der Waals surface area contributed by atoms with Gasteiger partial charge in [0.25, 0.3) is 11.8 Å². The normalized spacial score (nSPS) is 20.0. The van der Waals surface area contributed by atoms with Crippen LogP contribution in [0.1, 0.15) is 70.6 Å². The van der Waals surface area contributed by atoms with Gasteiger partial charge in [0.2, 0.25) is 0 Å². The Kier molecular flexibility index (Phi) is 13.3. The highest BCUT2D eigenvalue weighted by molar-refractivity contribution is 6.05. The zero-order valence-electron chi connectivity index (χ0n) is 29.3. The molecule has 0 spiro atoms. The highest BCUT2D eigenvalue weighted by atomic mass is 16.5. The molecule has 10 heteroatoms. The van der Waals surface area contributed by atoms with Crippen molar-refractivity contribution < 1.29 is 28.4 Å². The van der Waals surface area contributed by atoms with Crippen LogP contribution in [-0.4, -0.2) is 92.4 Å². The molecule has 3 aromatic rings. The minimum atomic E-state index is -0.395. The standard InChI is InChI=1S/C38H53N5O5.3H2/c1-26-22-43(27(2)25-44)38(46)32-21-31(41(4)5)18-19-35(32)48-28(3)11-9-10-20-47-36(26)24-42(6)23-29-14-16-30(17-15-29)37(45)40-34-13-8-7-12-33(34)39;;;/h7-8,12-19,21,26-28,36,44H,9-11,20,22-25,39H2,1-6H3,(H,40,45);3*1H/t26-,27+,28+,36-;;;/m0.../s1. The number of ether oxygens (including phenoxy) is 2. The molecule has 2 amide bonds. The molecule has 0 saturated carbocycles. The molecule has 0 saturated heterocycles. The van der Waals surface area contributed by atoms with Crippen LogP contribution in [0.3, 0.4) is 0 Å². The number of carbonyl (C=O) groups is 2. The van der Waals surface area contributed by atoms with Crippen molar-refractivity contribution in [1.82, 2.24) is 9.80 Å². The van der Waals surface area contributed by atoms with Crippen molar-refractivity contribution in [1.29, 1.82) is 0 Å². The van der Waals surface area contributed by atoms with E-state index in [1.54, 1.807) is 17.0 Å². The summed E-state index contributed by atoms with van der Waals surface area (Å²) in [6.45, 7) is 8.18. The van der Waals surface area contributed by atoms with Crippen LogP contribution in [-0.2, 0) is 11.3 Å². The zero-order chi connectivity index (χ0) is 34.8. The number of hydrogen-bond acceptors (Lipinski definition) is 8. The molecular weight excluding hydrogens is 606 g/mol. The monoisotopic (exact) mass is 665 g/mol. The second-order valence-corrected chi connectivity index (χ2v) is 13.3. The summed E-state index contributed by atoms with van der Waals surface area (Å²) in [5.41, 5.74) is 10.1. The van der Waals surface area contributed by atoms with Gasteiger partial charge in [-0.2, -0.15) is 0 Å². The molecule has 1 heterocycles. The number of nitrogens with two attached hydrogens (primary N) is 1. The first-order valence-corrected chi connectivity index (χ1v) is 16.9. The van der Waals surface area contributed by atoms with Crippen molar-refractivity contribution >= 4 is 28.9 Å². The highest BCUT2D eigenvalue weighted by Gasteiger charge is 2.30. The minimum Gasteiger partial charge on any atom is -0.490 e. The van der Waals surface area contributed by atoms with Gasteiger partial charge in [0.1, 0.15) is 5.75 Å². The summed E-state index contributed by atoms with van der Waals surface area (Å²) >= 11 is 0. The lowest BCUT2D eigenvalue weighted by molar-refractivity contribution is -0.0177. The van der Waals surface area contributed by atoms with Crippen molar-refractivity contribution in [2.45, 2.75) is 64.8 Å². The van der Waals surface area contributed by atoms with Crippen molar-refractivity contribution in [3.63, 3.8) is 0 Å². The Morgan fingerprint density at radius 1 is 1.08 bits per heavy atom. The molecule has 4 rings (SSSR count). The number of carbonyl (C=O) groups excluding carboxylic acids is 2. The van der Waals surface area contributed by atoms with Crippen molar-refractivity contribution in [2.75, 3.05) is 63.4 Å². The highest BCUT2D eigenvalue weighted by Crippen LogP contribution is 2.29. The third kappa shape index (κ3) is 9.95.